The average Bonchev–Trinajstić information content (AvgIpc) is 3.03. The van der Waals surface area contributed by atoms with Gasteiger partial charge in [-0.1, -0.05) is 47.5 Å². The van der Waals surface area contributed by atoms with E-state index in [4.69, 9.17) is 27.9 Å². The van der Waals surface area contributed by atoms with E-state index >= 15 is 0 Å². The summed E-state index contributed by atoms with van der Waals surface area (Å²) in [6, 6.07) is 15.3. The number of hydrogen-bond acceptors (Lipinski definition) is 4. The number of benzene rings is 3. The van der Waals surface area contributed by atoms with Gasteiger partial charge < -0.3 is 9.84 Å². The molecule has 5 nitrogen and oxygen atoms in total. The molecule has 1 aliphatic heterocycles. The van der Waals surface area contributed by atoms with E-state index in [9.17, 15) is 19.1 Å². The second kappa shape index (κ2) is 8.65. The van der Waals surface area contributed by atoms with E-state index in [1.807, 2.05) is 0 Å². The molecule has 32 heavy (non-hydrogen) atoms. The highest BCUT2D eigenvalue weighted by molar-refractivity contribution is 6.52. The van der Waals surface area contributed by atoms with Crippen molar-refractivity contribution < 1.29 is 23.8 Å². The van der Waals surface area contributed by atoms with Crippen molar-refractivity contribution in [2.75, 3.05) is 12.0 Å². The third-order valence-corrected chi connectivity index (χ3v) is 5.55. The Balaban J connectivity index is 1.99. The van der Waals surface area contributed by atoms with Gasteiger partial charge in [-0.25, -0.2) is 4.39 Å². The maximum atomic E-state index is 13.6. The van der Waals surface area contributed by atoms with Crippen molar-refractivity contribution in [3.05, 3.63) is 99.3 Å². The van der Waals surface area contributed by atoms with Crippen molar-refractivity contribution in [3.63, 3.8) is 0 Å². The van der Waals surface area contributed by atoms with Crippen LogP contribution in [0.3, 0.4) is 0 Å². The Bertz CT molecular complexity index is 1240. The third-order valence-electron chi connectivity index (χ3n) is 5.12. The van der Waals surface area contributed by atoms with Crippen LogP contribution in [0.5, 0.6) is 5.75 Å². The summed E-state index contributed by atoms with van der Waals surface area (Å²) in [6.07, 6.45) is 0. The van der Waals surface area contributed by atoms with Crippen molar-refractivity contribution in [1.82, 2.24) is 0 Å². The fraction of sp³-hybridized carbons (Fsp3) is 0.0833. The Morgan fingerprint density at radius 2 is 1.62 bits per heavy atom. The molecular weight excluding hydrogens is 456 g/mol. The first-order valence-electron chi connectivity index (χ1n) is 9.47. The van der Waals surface area contributed by atoms with Gasteiger partial charge in [0.25, 0.3) is 11.7 Å². The van der Waals surface area contributed by atoms with Crippen molar-refractivity contribution in [1.29, 1.82) is 0 Å². The minimum atomic E-state index is -1.05. The van der Waals surface area contributed by atoms with Crippen molar-refractivity contribution in [2.24, 2.45) is 0 Å². The molecule has 1 aliphatic rings. The van der Waals surface area contributed by atoms with Crippen LogP contribution in [0.1, 0.15) is 17.2 Å². The summed E-state index contributed by atoms with van der Waals surface area (Å²) in [5, 5.41) is 11.7. The minimum absolute atomic E-state index is 0.165. The highest BCUT2D eigenvalue weighted by Gasteiger charge is 2.47. The molecule has 4 rings (SSSR count). The Morgan fingerprint density at radius 3 is 2.25 bits per heavy atom. The minimum Gasteiger partial charge on any atom is -0.507 e. The molecule has 0 saturated carbocycles. The van der Waals surface area contributed by atoms with Gasteiger partial charge in [0.05, 0.1) is 24.3 Å². The number of para-hydroxylation sites is 1. The monoisotopic (exact) mass is 471 g/mol. The predicted molar refractivity (Wildman–Crippen MR) is 121 cm³/mol. The highest BCUT2D eigenvalue weighted by Crippen LogP contribution is 2.44. The van der Waals surface area contributed by atoms with Crippen LogP contribution in [0.2, 0.25) is 10.0 Å². The topological polar surface area (TPSA) is 66.8 Å². The van der Waals surface area contributed by atoms with Crippen LogP contribution in [-0.4, -0.2) is 23.9 Å². The molecule has 8 heteroatoms. The zero-order valence-electron chi connectivity index (χ0n) is 16.7. The SMILES string of the molecule is COc1ccccc1/C(O)=C1\C(=O)C(=O)N(c2cc(Cl)cc(Cl)c2)C1c1ccc(F)cc1. The lowest BCUT2D eigenvalue weighted by atomic mass is 9.95. The summed E-state index contributed by atoms with van der Waals surface area (Å²) < 4.78 is 18.9. The van der Waals surface area contributed by atoms with E-state index in [1.54, 1.807) is 24.3 Å². The molecule has 1 atom stereocenters. The first kappa shape index (κ1) is 21.9. The van der Waals surface area contributed by atoms with E-state index in [-0.39, 0.29) is 26.9 Å². The van der Waals surface area contributed by atoms with Crippen LogP contribution in [0, 0.1) is 5.82 Å². The van der Waals surface area contributed by atoms with Crippen molar-refractivity contribution >= 4 is 46.3 Å². The summed E-state index contributed by atoms with van der Waals surface area (Å²) >= 11 is 12.3. The highest BCUT2D eigenvalue weighted by atomic mass is 35.5. The molecule has 0 bridgehead atoms. The van der Waals surface area contributed by atoms with E-state index < -0.39 is 29.3 Å². The Morgan fingerprint density at radius 1 is 1.00 bits per heavy atom. The van der Waals surface area contributed by atoms with Gasteiger partial charge in [-0.2, -0.15) is 0 Å². The van der Waals surface area contributed by atoms with E-state index in [1.165, 1.54) is 54.5 Å². The number of methoxy groups -OCH3 is 1. The molecule has 3 aromatic carbocycles. The van der Waals surface area contributed by atoms with Gasteiger partial charge >= 0.3 is 0 Å². The van der Waals surface area contributed by atoms with Gasteiger partial charge in [0.1, 0.15) is 17.3 Å². The zero-order chi connectivity index (χ0) is 23.0. The summed E-state index contributed by atoms with van der Waals surface area (Å²) in [7, 11) is 1.43. The quantitative estimate of drug-likeness (QED) is 0.298. The molecule has 3 aromatic rings. The van der Waals surface area contributed by atoms with Gasteiger partial charge in [0, 0.05) is 15.7 Å². The first-order valence-corrected chi connectivity index (χ1v) is 10.2. The number of aliphatic hydroxyl groups is 1. The molecule has 1 fully saturated rings. The number of aliphatic hydroxyl groups excluding tert-OH is 1. The molecule has 0 spiro atoms. The van der Waals surface area contributed by atoms with Crippen molar-refractivity contribution in [2.45, 2.75) is 6.04 Å². The van der Waals surface area contributed by atoms with Crippen molar-refractivity contribution in [3.8, 4) is 5.75 Å². The molecule has 1 saturated heterocycles. The van der Waals surface area contributed by atoms with E-state index in [0.29, 0.717) is 11.3 Å². The second-order valence-corrected chi connectivity index (χ2v) is 7.92. The first-order chi connectivity index (χ1) is 15.3. The number of carbonyl (C=O) groups is 2. The van der Waals surface area contributed by atoms with Crippen LogP contribution in [0.4, 0.5) is 10.1 Å². The molecule has 0 radical (unpaired) electrons. The Kier molecular flexibility index (Phi) is 5.91. The van der Waals surface area contributed by atoms with Gasteiger partial charge in [0.2, 0.25) is 0 Å². The van der Waals surface area contributed by atoms with E-state index in [0.717, 1.165) is 0 Å². The normalized spacial score (nSPS) is 17.6. The predicted octanol–water partition coefficient (Wildman–Crippen LogP) is 5.77. The van der Waals surface area contributed by atoms with Gasteiger partial charge in [-0.05, 0) is 48.0 Å². The number of halogens is 3. The zero-order valence-corrected chi connectivity index (χ0v) is 18.2. The summed E-state index contributed by atoms with van der Waals surface area (Å²) in [4.78, 5) is 27.4. The number of carbonyl (C=O) groups excluding carboxylic acids is 2. The average molecular weight is 472 g/mol. The number of Topliss-reactive ketones (excluding diaryl/α,β-unsaturated/α-hetero) is 1. The molecule has 1 amide bonds. The molecule has 1 unspecified atom stereocenters. The molecular formula is C24H16Cl2FNO4. The number of anilines is 1. The lowest BCUT2D eigenvalue weighted by Crippen LogP contribution is -2.29. The Hall–Kier alpha value is -3.35. The fourth-order valence-corrected chi connectivity index (χ4v) is 4.24. The molecule has 162 valence electrons. The second-order valence-electron chi connectivity index (χ2n) is 7.05. The van der Waals surface area contributed by atoms with Crippen LogP contribution in [0.15, 0.2) is 72.3 Å². The van der Waals surface area contributed by atoms with Gasteiger partial charge in [-0.15, -0.1) is 0 Å². The molecule has 1 heterocycles. The number of ketones is 1. The third kappa shape index (κ3) is 3.83. The fourth-order valence-electron chi connectivity index (χ4n) is 3.72. The molecule has 0 aliphatic carbocycles. The Labute approximate surface area is 193 Å². The summed E-state index contributed by atoms with van der Waals surface area (Å²) in [5.74, 6) is -2.36. The lowest BCUT2D eigenvalue weighted by Gasteiger charge is -2.26. The largest absolute Gasteiger partial charge is 0.507 e. The summed E-state index contributed by atoms with van der Waals surface area (Å²) in [5.41, 5.74) is 0.752. The van der Waals surface area contributed by atoms with Gasteiger partial charge in [0.15, 0.2) is 0 Å². The summed E-state index contributed by atoms with van der Waals surface area (Å²) in [6.45, 7) is 0. The van der Waals surface area contributed by atoms with Crippen LogP contribution < -0.4 is 9.64 Å². The maximum Gasteiger partial charge on any atom is 0.300 e. The molecule has 1 N–H and O–H groups in total. The number of rotatable bonds is 4. The smallest absolute Gasteiger partial charge is 0.300 e. The number of amides is 1. The standard InChI is InChI=1S/C24H16Cl2FNO4/c1-32-19-5-3-2-4-18(19)22(29)20-21(13-6-8-16(27)9-7-13)28(24(31)23(20)30)17-11-14(25)10-15(26)12-17/h2-12,21,29H,1H3/b22-20+. The number of ether oxygens (including phenoxy) is 1. The molecule has 0 aromatic heterocycles. The number of nitrogens with zero attached hydrogens (tertiary/aromatic N) is 1. The van der Waals surface area contributed by atoms with Crippen LogP contribution in [-0.2, 0) is 9.59 Å². The maximum absolute atomic E-state index is 13.6. The lowest BCUT2D eigenvalue weighted by molar-refractivity contribution is -0.132. The number of hydrogen-bond donors (Lipinski definition) is 1. The van der Waals surface area contributed by atoms with Crippen LogP contribution in [0.25, 0.3) is 5.76 Å². The van der Waals surface area contributed by atoms with Crippen LogP contribution >= 0.6 is 23.2 Å². The van der Waals surface area contributed by atoms with E-state index in [2.05, 4.69) is 0 Å². The van der Waals surface area contributed by atoms with Gasteiger partial charge in [-0.3, -0.25) is 14.5 Å².